The molecule has 8 nitrogen and oxygen atoms in total. The maximum atomic E-state index is 12.3. The van der Waals surface area contributed by atoms with Gasteiger partial charge in [-0.3, -0.25) is 4.79 Å². The zero-order chi connectivity index (χ0) is 22.5. The Morgan fingerprint density at radius 2 is 1.94 bits per heavy atom. The fraction of sp³-hybridized carbons (Fsp3) is 0.435. The fourth-order valence-electron chi connectivity index (χ4n) is 3.84. The number of esters is 2. The van der Waals surface area contributed by atoms with E-state index in [0.29, 0.717) is 28.5 Å². The van der Waals surface area contributed by atoms with Crippen LogP contribution in [0.5, 0.6) is 5.75 Å². The standard InChI is InChI=1S/C23H25NO7S/c1-28-23(27)20-17-5-2-6-18(17)32-21(20)24-19(25)13-31-22(26)14-7-9-15(10-8-14)30-12-16-4-3-11-29-16/h7-10,16H,2-6,11-13H2,1H3,(H,24,25). The number of amides is 1. The van der Waals surface area contributed by atoms with Crippen molar-refractivity contribution in [3.8, 4) is 5.75 Å². The second-order valence-electron chi connectivity index (χ2n) is 7.65. The first kappa shape index (κ1) is 22.3. The van der Waals surface area contributed by atoms with Crippen LogP contribution in [0.1, 0.15) is 50.4 Å². The molecule has 1 aliphatic carbocycles. The smallest absolute Gasteiger partial charge is 0.341 e. The van der Waals surface area contributed by atoms with Gasteiger partial charge in [-0.05, 0) is 61.9 Å². The van der Waals surface area contributed by atoms with E-state index >= 15 is 0 Å². The van der Waals surface area contributed by atoms with Gasteiger partial charge < -0.3 is 24.3 Å². The molecule has 0 spiro atoms. The lowest BCUT2D eigenvalue weighted by molar-refractivity contribution is -0.119. The highest BCUT2D eigenvalue weighted by Crippen LogP contribution is 2.39. The normalized spacial score (nSPS) is 17.0. The molecule has 1 atom stereocenters. The second kappa shape index (κ2) is 10.1. The molecule has 32 heavy (non-hydrogen) atoms. The van der Waals surface area contributed by atoms with E-state index in [2.05, 4.69) is 5.32 Å². The quantitative estimate of drug-likeness (QED) is 0.604. The number of aryl methyl sites for hydroxylation is 1. The minimum absolute atomic E-state index is 0.113. The van der Waals surface area contributed by atoms with Crippen LogP contribution in [0.25, 0.3) is 0 Å². The number of thiophene rings is 1. The predicted octanol–water partition coefficient (Wildman–Crippen LogP) is 3.38. The van der Waals surface area contributed by atoms with Gasteiger partial charge in [0.25, 0.3) is 5.91 Å². The predicted molar refractivity (Wildman–Crippen MR) is 118 cm³/mol. The Morgan fingerprint density at radius 3 is 2.66 bits per heavy atom. The van der Waals surface area contributed by atoms with Crippen molar-refractivity contribution in [2.24, 2.45) is 0 Å². The highest BCUT2D eigenvalue weighted by molar-refractivity contribution is 7.17. The van der Waals surface area contributed by atoms with E-state index < -0.39 is 24.5 Å². The number of carbonyl (C=O) groups excluding carboxylic acids is 3. The number of anilines is 1. The van der Waals surface area contributed by atoms with E-state index in [1.54, 1.807) is 24.3 Å². The van der Waals surface area contributed by atoms with E-state index in [1.807, 2.05) is 0 Å². The number of rotatable bonds is 8. The summed E-state index contributed by atoms with van der Waals surface area (Å²) in [5, 5.41) is 3.12. The molecule has 1 fully saturated rings. The summed E-state index contributed by atoms with van der Waals surface area (Å²) in [7, 11) is 1.31. The Balaban J connectivity index is 1.29. The van der Waals surface area contributed by atoms with Crippen molar-refractivity contribution in [3.63, 3.8) is 0 Å². The largest absolute Gasteiger partial charge is 0.491 e. The lowest BCUT2D eigenvalue weighted by atomic mass is 10.1. The van der Waals surface area contributed by atoms with Crippen molar-refractivity contribution in [2.45, 2.75) is 38.2 Å². The molecule has 4 rings (SSSR count). The molecular weight excluding hydrogens is 434 g/mol. The van der Waals surface area contributed by atoms with Crippen LogP contribution in [0.4, 0.5) is 5.00 Å². The average Bonchev–Trinajstić information content (AvgIpc) is 3.54. The summed E-state index contributed by atoms with van der Waals surface area (Å²) < 4.78 is 21.2. The van der Waals surface area contributed by atoms with Crippen molar-refractivity contribution < 1.29 is 33.3 Å². The van der Waals surface area contributed by atoms with Gasteiger partial charge in [0.2, 0.25) is 0 Å². The zero-order valence-electron chi connectivity index (χ0n) is 17.8. The summed E-state index contributed by atoms with van der Waals surface area (Å²) in [6.07, 6.45) is 4.79. The van der Waals surface area contributed by atoms with Crippen molar-refractivity contribution in [2.75, 3.05) is 32.2 Å². The van der Waals surface area contributed by atoms with Crippen molar-refractivity contribution in [3.05, 3.63) is 45.8 Å². The third-order valence-electron chi connectivity index (χ3n) is 5.45. The number of carbonyl (C=O) groups is 3. The number of hydrogen-bond donors (Lipinski definition) is 1. The number of fused-ring (bicyclic) bond motifs is 1. The topological polar surface area (TPSA) is 100 Å². The second-order valence-corrected chi connectivity index (χ2v) is 8.75. The molecular formula is C23H25NO7S. The maximum absolute atomic E-state index is 12.3. The summed E-state index contributed by atoms with van der Waals surface area (Å²) in [5.74, 6) is -0.970. The molecule has 1 unspecified atom stereocenters. The number of hydrogen-bond acceptors (Lipinski definition) is 8. The first-order valence-corrected chi connectivity index (χ1v) is 11.4. The van der Waals surface area contributed by atoms with Crippen LogP contribution in [0.15, 0.2) is 24.3 Å². The monoisotopic (exact) mass is 459 g/mol. The van der Waals surface area contributed by atoms with Crippen LogP contribution >= 0.6 is 11.3 Å². The molecule has 0 bridgehead atoms. The van der Waals surface area contributed by atoms with Gasteiger partial charge in [-0.1, -0.05) is 0 Å². The number of ether oxygens (including phenoxy) is 4. The first-order chi connectivity index (χ1) is 15.5. The molecule has 1 aliphatic heterocycles. The van der Waals surface area contributed by atoms with Gasteiger partial charge in [-0.2, -0.15) is 0 Å². The van der Waals surface area contributed by atoms with Gasteiger partial charge in [-0.15, -0.1) is 11.3 Å². The van der Waals surface area contributed by atoms with Gasteiger partial charge in [-0.25, -0.2) is 9.59 Å². The third kappa shape index (κ3) is 5.11. The lowest BCUT2D eigenvalue weighted by Crippen LogP contribution is -2.21. The average molecular weight is 460 g/mol. The minimum atomic E-state index is -0.618. The molecule has 0 saturated carbocycles. The molecule has 9 heteroatoms. The summed E-state index contributed by atoms with van der Waals surface area (Å²) >= 11 is 1.37. The van der Waals surface area contributed by atoms with Crippen LogP contribution in [-0.2, 0) is 31.8 Å². The SMILES string of the molecule is COC(=O)c1c(NC(=O)COC(=O)c2ccc(OCC3CCCO3)cc2)sc2c1CCC2. The Morgan fingerprint density at radius 1 is 1.12 bits per heavy atom. The maximum Gasteiger partial charge on any atom is 0.341 e. The highest BCUT2D eigenvalue weighted by atomic mass is 32.1. The fourth-order valence-corrected chi connectivity index (χ4v) is 5.13. The number of nitrogens with one attached hydrogen (secondary N) is 1. The summed E-state index contributed by atoms with van der Waals surface area (Å²) in [4.78, 5) is 37.9. The summed E-state index contributed by atoms with van der Waals surface area (Å²) in [5.41, 5.74) is 1.66. The van der Waals surface area contributed by atoms with Crippen LogP contribution in [0.2, 0.25) is 0 Å². The molecule has 2 aliphatic rings. The van der Waals surface area contributed by atoms with Gasteiger partial charge in [0.1, 0.15) is 17.4 Å². The van der Waals surface area contributed by atoms with E-state index in [9.17, 15) is 14.4 Å². The highest BCUT2D eigenvalue weighted by Gasteiger charge is 2.28. The molecule has 0 radical (unpaired) electrons. The molecule has 2 aromatic rings. The van der Waals surface area contributed by atoms with E-state index in [1.165, 1.54) is 18.4 Å². The Hall–Kier alpha value is -2.91. The van der Waals surface area contributed by atoms with Gasteiger partial charge in [0.15, 0.2) is 6.61 Å². The summed E-state index contributed by atoms with van der Waals surface area (Å²) in [6.45, 7) is 0.786. The van der Waals surface area contributed by atoms with E-state index in [4.69, 9.17) is 18.9 Å². The lowest BCUT2D eigenvalue weighted by Gasteiger charge is -2.11. The van der Waals surface area contributed by atoms with Crippen molar-refractivity contribution in [1.82, 2.24) is 0 Å². The molecule has 1 saturated heterocycles. The Labute approximate surface area is 189 Å². The molecule has 170 valence electrons. The van der Waals surface area contributed by atoms with Crippen molar-refractivity contribution >= 4 is 34.2 Å². The van der Waals surface area contributed by atoms with Crippen LogP contribution < -0.4 is 10.1 Å². The minimum Gasteiger partial charge on any atom is -0.491 e. The summed E-state index contributed by atoms with van der Waals surface area (Å²) in [6, 6.07) is 6.54. The molecule has 1 aromatic carbocycles. The van der Waals surface area contributed by atoms with Crippen LogP contribution in [0, 0.1) is 0 Å². The third-order valence-corrected chi connectivity index (χ3v) is 6.66. The van der Waals surface area contributed by atoms with Gasteiger partial charge >= 0.3 is 11.9 Å². The van der Waals surface area contributed by atoms with Gasteiger partial charge in [0, 0.05) is 11.5 Å². The van der Waals surface area contributed by atoms with E-state index in [-0.39, 0.29) is 6.10 Å². The molecule has 1 aromatic heterocycles. The Kier molecular flexibility index (Phi) is 7.06. The molecule has 2 heterocycles. The Bertz CT molecular complexity index is 993. The zero-order valence-corrected chi connectivity index (χ0v) is 18.6. The number of methoxy groups -OCH3 is 1. The molecule has 1 N–H and O–H groups in total. The number of benzene rings is 1. The first-order valence-electron chi connectivity index (χ1n) is 10.6. The van der Waals surface area contributed by atoms with Gasteiger partial charge in [0.05, 0.1) is 24.3 Å². The molecule has 1 amide bonds. The van der Waals surface area contributed by atoms with Crippen LogP contribution in [-0.4, -0.2) is 50.9 Å². The van der Waals surface area contributed by atoms with Crippen LogP contribution in [0.3, 0.4) is 0 Å². The van der Waals surface area contributed by atoms with E-state index in [0.717, 1.165) is 49.2 Å². The van der Waals surface area contributed by atoms with Crippen molar-refractivity contribution in [1.29, 1.82) is 0 Å².